The van der Waals surface area contributed by atoms with E-state index in [9.17, 15) is 9.18 Å². The van der Waals surface area contributed by atoms with Crippen molar-refractivity contribution in [2.24, 2.45) is 0 Å². The van der Waals surface area contributed by atoms with E-state index >= 15 is 0 Å². The van der Waals surface area contributed by atoms with Crippen LogP contribution in [0, 0.1) is 12.7 Å². The summed E-state index contributed by atoms with van der Waals surface area (Å²) in [5.41, 5.74) is 2.54. The Hall–Kier alpha value is -4.27. The molecule has 1 unspecified atom stereocenters. The van der Waals surface area contributed by atoms with Crippen LogP contribution in [0.1, 0.15) is 47.2 Å². The van der Waals surface area contributed by atoms with Gasteiger partial charge in [0.1, 0.15) is 6.33 Å². The van der Waals surface area contributed by atoms with Crippen molar-refractivity contribution in [2.45, 2.75) is 32.2 Å². The van der Waals surface area contributed by atoms with Gasteiger partial charge in [-0.25, -0.2) is 19.3 Å². The van der Waals surface area contributed by atoms with E-state index in [-0.39, 0.29) is 23.6 Å². The summed E-state index contributed by atoms with van der Waals surface area (Å²) >= 11 is 0. The first-order valence-electron chi connectivity index (χ1n) is 11.4. The topological polar surface area (TPSA) is 94.0 Å². The van der Waals surface area contributed by atoms with Gasteiger partial charge in [-0.2, -0.15) is 4.98 Å². The molecule has 1 fully saturated rings. The number of amides is 1. The maximum atomic E-state index is 14.1. The van der Waals surface area contributed by atoms with Gasteiger partial charge in [0.15, 0.2) is 17.4 Å². The summed E-state index contributed by atoms with van der Waals surface area (Å²) in [6, 6.07) is 10.9. The number of para-hydroxylation sites is 1. The number of rotatable bonds is 5. The summed E-state index contributed by atoms with van der Waals surface area (Å²) in [7, 11) is 0. The maximum absolute atomic E-state index is 14.1. The van der Waals surface area contributed by atoms with E-state index in [1.165, 1.54) is 12.4 Å². The molecule has 5 rings (SSSR count). The lowest BCUT2D eigenvalue weighted by Gasteiger charge is -2.35. The fourth-order valence-electron chi connectivity index (χ4n) is 4.16. The Balaban J connectivity index is 1.44. The molecule has 1 amide bonds. The van der Waals surface area contributed by atoms with Gasteiger partial charge in [-0.05, 0) is 50.5 Å². The Labute approximate surface area is 201 Å². The summed E-state index contributed by atoms with van der Waals surface area (Å²) in [6.07, 6.45) is 8.92. The first-order chi connectivity index (χ1) is 17.1. The fraction of sp³-hybridized carbons (Fsp3) is 0.231. The minimum atomic E-state index is -0.475. The summed E-state index contributed by atoms with van der Waals surface area (Å²) in [5, 5.41) is 0. The first-order valence-corrected chi connectivity index (χ1v) is 11.4. The average Bonchev–Trinajstić information content (AvgIpc) is 2.90. The number of likely N-dealkylation sites (tertiary alicyclic amines) is 1. The molecule has 1 aliphatic heterocycles. The highest BCUT2D eigenvalue weighted by Gasteiger charge is 2.31. The van der Waals surface area contributed by atoms with Crippen molar-refractivity contribution in [1.29, 1.82) is 0 Å². The molecular weight excluding hydrogens is 447 g/mol. The number of piperidine rings is 1. The molecule has 0 aliphatic carbocycles. The molecule has 1 aromatic carbocycles. The number of carbonyl (C=O) groups excluding carboxylic acids is 1. The number of halogens is 1. The zero-order valence-electron chi connectivity index (χ0n) is 19.1. The lowest BCUT2D eigenvalue weighted by Crippen LogP contribution is -2.39. The molecule has 0 N–H and O–H groups in total. The SMILES string of the molecule is Cc1cc(Oc2ccccc2F)nc(C2CCCCN2C(=O)c2ccnc(-c3cncnc3)c2)n1. The molecule has 1 atom stereocenters. The van der Waals surface area contributed by atoms with Crippen LogP contribution >= 0.6 is 0 Å². The van der Waals surface area contributed by atoms with Crippen molar-refractivity contribution in [2.75, 3.05) is 6.54 Å². The maximum Gasteiger partial charge on any atom is 0.254 e. The molecule has 4 aromatic rings. The molecule has 8 nitrogen and oxygen atoms in total. The predicted octanol–water partition coefficient (Wildman–Crippen LogP) is 4.94. The van der Waals surface area contributed by atoms with Gasteiger partial charge in [0.25, 0.3) is 5.91 Å². The van der Waals surface area contributed by atoms with E-state index in [4.69, 9.17) is 4.74 Å². The third-order valence-electron chi connectivity index (χ3n) is 5.82. The third kappa shape index (κ3) is 4.98. The zero-order valence-corrected chi connectivity index (χ0v) is 19.1. The second-order valence-electron chi connectivity index (χ2n) is 8.31. The summed E-state index contributed by atoms with van der Waals surface area (Å²) in [6.45, 7) is 2.40. The van der Waals surface area contributed by atoms with Crippen LogP contribution in [0.2, 0.25) is 0 Å². The largest absolute Gasteiger partial charge is 0.436 e. The van der Waals surface area contributed by atoms with Gasteiger partial charge in [-0.1, -0.05) is 12.1 Å². The highest BCUT2D eigenvalue weighted by Crippen LogP contribution is 2.32. The number of nitrogens with zero attached hydrogens (tertiary/aromatic N) is 6. The molecule has 176 valence electrons. The van der Waals surface area contributed by atoms with E-state index in [2.05, 4.69) is 24.9 Å². The number of pyridine rings is 1. The zero-order chi connectivity index (χ0) is 24.2. The Morgan fingerprint density at radius 3 is 2.74 bits per heavy atom. The van der Waals surface area contributed by atoms with Gasteiger partial charge in [-0.15, -0.1) is 0 Å². The van der Waals surface area contributed by atoms with Gasteiger partial charge in [0, 0.05) is 48.0 Å². The molecule has 1 aliphatic rings. The monoisotopic (exact) mass is 470 g/mol. The molecule has 4 heterocycles. The van der Waals surface area contributed by atoms with E-state index < -0.39 is 5.82 Å². The molecule has 0 radical (unpaired) electrons. The van der Waals surface area contributed by atoms with Crippen LogP contribution in [0.3, 0.4) is 0 Å². The summed E-state index contributed by atoms with van der Waals surface area (Å²) in [4.78, 5) is 37.0. The summed E-state index contributed by atoms with van der Waals surface area (Å²) < 4.78 is 19.8. The van der Waals surface area contributed by atoms with Crippen LogP contribution in [0.15, 0.2) is 67.4 Å². The first kappa shape index (κ1) is 22.5. The molecular formula is C26H23FN6O2. The Bertz CT molecular complexity index is 1350. The van der Waals surface area contributed by atoms with Gasteiger partial charge in [0.05, 0.1) is 11.7 Å². The van der Waals surface area contributed by atoms with Crippen molar-refractivity contribution in [1.82, 2.24) is 29.8 Å². The smallest absolute Gasteiger partial charge is 0.254 e. The second kappa shape index (κ2) is 9.92. The van der Waals surface area contributed by atoms with Crippen molar-refractivity contribution in [3.8, 4) is 22.9 Å². The van der Waals surface area contributed by atoms with Crippen LogP contribution < -0.4 is 4.74 Å². The normalized spacial score (nSPS) is 15.6. The number of hydrogen-bond donors (Lipinski definition) is 0. The van der Waals surface area contributed by atoms with Gasteiger partial charge >= 0.3 is 0 Å². The van der Waals surface area contributed by atoms with E-state index in [1.807, 2.05) is 6.92 Å². The van der Waals surface area contributed by atoms with E-state index in [0.717, 1.165) is 24.8 Å². The number of aryl methyl sites for hydroxylation is 1. The number of hydrogen-bond acceptors (Lipinski definition) is 7. The minimum absolute atomic E-state index is 0.0855. The van der Waals surface area contributed by atoms with Crippen LogP contribution in [-0.2, 0) is 0 Å². The molecule has 9 heteroatoms. The lowest BCUT2D eigenvalue weighted by molar-refractivity contribution is 0.0598. The number of aromatic nitrogens is 5. The second-order valence-corrected chi connectivity index (χ2v) is 8.31. The van der Waals surface area contributed by atoms with Crippen molar-refractivity contribution in [3.63, 3.8) is 0 Å². The van der Waals surface area contributed by atoms with E-state index in [1.54, 1.807) is 59.9 Å². The highest BCUT2D eigenvalue weighted by molar-refractivity contribution is 5.95. The van der Waals surface area contributed by atoms with Crippen LogP contribution in [0.5, 0.6) is 11.6 Å². The number of carbonyl (C=O) groups is 1. The molecule has 0 spiro atoms. The van der Waals surface area contributed by atoms with Crippen molar-refractivity contribution in [3.05, 3.63) is 90.3 Å². The standard InChI is InChI=1S/C26H23FN6O2/c1-17-12-24(35-23-8-3-2-6-20(23)27)32-25(31-17)22-7-4-5-11-33(22)26(34)18-9-10-30-21(13-18)19-14-28-16-29-15-19/h2-3,6,8-10,12-16,22H,4-5,7,11H2,1H3. The lowest BCUT2D eigenvalue weighted by atomic mass is 9.99. The molecule has 35 heavy (non-hydrogen) atoms. The molecule has 3 aromatic heterocycles. The van der Waals surface area contributed by atoms with Crippen LogP contribution in [0.25, 0.3) is 11.3 Å². The molecule has 0 saturated carbocycles. The molecule has 0 bridgehead atoms. The van der Waals surface area contributed by atoms with Crippen LogP contribution in [-0.4, -0.2) is 42.3 Å². The van der Waals surface area contributed by atoms with Gasteiger partial charge in [0.2, 0.25) is 5.88 Å². The molecule has 1 saturated heterocycles. The summed E-state index contributed by atoms with van der Waals surface area (Å²) in [5.74, 6) is 0.206. The van der Waals surface area contributed by atoms with Crippen molar-refractivity contribution >= 4 is 5.91 Å². The Kier molecular flexibility index (Phi) is 6.38. The Morgan fingerprint density at radius 1 is 1.09 bits per heavy atom. The highest BCUT2D eigenvalue weighted by atomic mass is 19.1. The minimum Gasteiger partial charge on any atom is -0.436 e. The van der Waals surface area contributed by atoms with Gasteiger partial charge < -0.3 is 9.64 Å². The number of benzene rings is 1. The van der Waals surface area contributed by atoms with E-state index in [0.29, 0.717) is 29.3 Å². The predicted molar refractivity (Wildman–Crippen MR) is 126 cm³/mol. The third-order valence-corrected chi connectivity index (χ3v) is 5.82. The quantitative estimate of drug-likeness (QED) is 0.408. The van der Waals surface area contributed by atoms with Gasteiger partial charge in [-0.3, -0.25) is 9.78 Å². The number of ether oxygens (including phenoxy) is 1. The van der Waals surface area contributed by atoms with Crippen molar-refractivity contribution < 1.29 is 13.9 Å². The van der Waals surface area contributed by atoms with Crippen LogP contribution in [0.4, 0.5) is 4.39 Å². The Morgan fingerprint density at radius 2 is 1.91 bits per heavy atom. The fourth-order valence-corrected chi connectivity index (χ4v) is 4.16. The average molecular weight is 471 g/mol.